The van der Waals surface area contributed by atoms with Gasteiger partial charge in [0.1, 0.15) is 0 Å². The second-order valence-corrected chi connectivity index (χ2v) is 6.05. The Morgan fingerprint density at radius 1 is 1.13 bits per heavy atom. The van der Waals surface area contributed by atoms with Crippen molar-refractivity contribution in [1.82, 2.24) is 9.97 Å². The fourth-order valence-corrected chi connectivity index (χ4v) is 2.99. The molecule has 5 nitrogen and oxygen atoms in total. The van der Waals surface area contributed by atoms with Gasteiger partial charge >= 0.3 is 0 Å². The largest absolute Gasteiger partial charge is 0.371 e. The highest BCUT2D eigenvalue weighted by atomic mass is 15.3. The minimum absolute atomic E-state index is 0.465. The van der Waals surface area contributed by atoms with Gasteiger partial charge in [0.25, 0.3) is 0 Å². The van der Waals surface area contributed by atoms with Crippen molar-refractivity contribution in [3.8, 4) is 6.07 Å². The number of rotatable bonds is 3. The fourth-order valence-electron chi connectivity index (χ4n) is 2.99. The number of nitriles is 1. The summed E-state index contributed by atoms with van der Waals surface area (Å²) >= 11 is 0. The van der Waals surface area contributed by atoms with Gasteiger partial charge in [-0.05, 0) is 49.6 Å². The molecule has 3 rings (SSSR count). The summed E-state index contributed by atoms with van der Waals surface area (Å²) in [6, 6.07) is 10.5. The van der Waals surface area contributed by atoms with Crippen LogP contribution < -0.4 is 9.80 Å². The Morgan fingerprint density at radius 2 is 1.74 bits per heavy atom. The molecule has 0 radical (unpaired) electrons. The van der Waals surface area contributed by atoms with E-state index in [2.05, 4.69) is 32.9 Å². The van der Waals surface area contributed by atoms with Crippen LogP contribution in [0.15, 0.2) is 36.7 Å². The second kappa shape index (κ2) is 6.66. The third-order valence-electron chi connectivity index (χ3n) is 4.46. The molecule has 0 aliphatic carbocycles. The zero-order valence-electron chi connectivity index (χ0n) is 13.6. The first-order valence-electron chi connectivity index (χ1n) is 7.94. The molecule has 1 aliphatic heterocycles. The highest BCUT2D eigenvalue weighted by molar-refractivity contribution is 5.50. The minimum Gasteiger partial charge on any atom is -0.371 e. The molecule has 0 saturated carbocycles. The van der Waals surface area contributed by atoms with E-state index in [9.17, 15) is 0 Å². The fraction of sp³-hybridized carbons (Fsp3) is 0.389. The topological polar surface area (TPSA) is 56.1 Å². The van der Waals surface area contributed by atoms with Crippen LogP contribution in [0, 0.1) is 18.3 Å². The molecule has 0 atom stereocenters. The highest BCUT2D eigenvalue weighted by Gasteiger charge is 2.24. The third kappa shape index (κ3) is 3.42. The van der Waals surface area contributed by atoms with Gasteiger partial charge < -0.3 is 9.80 Å². The van der Waals surface area contributed by atoms with E-state index in [1.165, 1.54) is 5.69 Å². The maximum Gasteiger partial charge on any atom is 0.225 e. The Morgan fingerprint density at radius 3 is 2.30 bits per heavy atom. The number of nitrogens with zero attached hydrogens (tertiary/aromatic N) is 5. The summed E-state index contributed by atoms with van der Waals surface area (Å²) < 4.78 is 0. The van der Waals surface area contributed by atoms with Crippen molar-refractivity contribution in [2.24, 2.45) is 0 Å². The maximum atomic E-state index is 8.88. The van der Waals surface area contributed by atoms with E-state index in [-0.39, 0.29) is 0 Å². The number of hydrogen-bond acceptors (Lipinski definition) is 5. The van der Waals surface area contributed by atoms with Gasteiger partial charge in [-0.25, -0.2) is 9.97 Å². The zero-order valence-corrected chi connectivity index (χ0v) is 13.6. The quantitative estimate of drug-likeness (QED) is 0.872. The van der Waals surface area contributed by atoms with Gasteiger partial charge in [0, 0.05) is 44.3 Å². The Balaban J connectivity index is 1.61. The van der Waals surface area contributed by atoms with E-state index in [0.717, 1.165) is 37.4 Å². The van der Waals surface area contributed by atoms with Crippen molar-refractivity contribution in [3.63, 3.8) is 0 Å². The molecule has 1 aliphatic rings. The van der Waals surface area contributed by atoms with E-state index >= 15 is 0 Å². The monoisotopic (exact) mass is 307 g/mol. The number of anilines is 2. The lowest BCUT2D eigenvalue weighted by molar-refractivity contribution is 0.477. The SMILES string of the molecule is Cc1cnc(N(C)C2CCN(c3ccc(C#N)cc3)CC2)nc1. The predicted octanol–water partition coefficient (Wildman–Crippen LogP) is 2.76. The molecule has 1 aromatic carbocycles. The van der Waals surface area contributed by atoms with Crippen LogP contribution in [0.1, 0.15) is 24.0 Å². The van der Waals surface area contributed by atoms with E-state index in [4.69, 9.17) is 5.26 Å². The summed E-state index contributed by atoms with van der Waals surface area (Å²) in [5.74, 6) is 0.799. The molecule has 0 N–H and O–H groups in total. The highest BCUT2D eigenvalue weighted by Crippen LogP contribution is 2.24. The van der Waals surface area contributed by atoms with Crippen molar-refractivity contribution in [2.75, 3.05) is 29.9 Å². The van der Waals surface area contributed by atoms with E-state index in [0.29, 0.717) is 11.6 Å². The number of piperidine rings is 1. The van der Waals surface area contributed by atoms with Crippen LogP contribution in [0.5, 0.6) is 0 Å². The second-order valence-electron chi connectivity index (χ2n) is 6.05. The molecule has 0 amide bonds. The molecule has 5 heteroatoms. The average molecular weight is 307 g/mol. The van der Waals surface area contributed by atoms with Crippen LogP contribution in [-0.2, 0) is 0 Å². The number of aromatic nitrogens is 2. The van der Waals surface area contributed by atoms with E-state index in [1.54, 1.807) is 0 Å². The average Bonchev–Trinajstić information content (AvgIpc) is 2.62. The van der Waals surface area contributed by atoms with Crippen LogP contribution in [0.4, 0.5) is 11.6 Å². The Hall–Kier alpha value is -2.61. The first-order valence-corrected chi connectivity index (χ1v) is 7.94. The molecule has 0 bridgehead atoms. The molecule has 1 aromatic heterocycles. The zero-order chi connectivity index (χ0) is 16.2. The van der Waals surface area contributed by atoms with Crippen LogP contribution >= 0.6 is 0 Å². The van der Waals surface area contributed by atoms with Crippen molar-refractivity contribution < 1.29 is 0 Å². The maximum absolute atomic E-state index is 8.88. The van der Waals surface area contributed by atoms with Crippen molar-refractivity contribution in [2.45, 2.75) is 25.8 Å². The minimum atomic E-state index is 0.465. The van der Waals surface area contributed by atoms with Gasteiger partial charge in [-0.15, -0.1) is 0 Å². The molecular weight excluding hydrogens is 286 g/mol. The lowest BCUT2D eigenvalue weighted by Crippen LogP contribution is -2.44. The van der Waals surface area contributed by atoms with Gasteiger partial charge in [-0.2, -0.15) is 5.26 Å². The summed E-state index contributed by atoms with van der Waals surface area (Å²) in [7, 11) is 2.08. The Bertz CT molecular complexity index is 679. The van der Waals surface area contributed by atoms with Crippen molar-refractivity contribution >= 4 is 11.6 Å². The molecule has 2 aromatic rings. The molecule has 2 heterocycles. The van der Waals surface area contributed by atoms with Gasteiger partial charge in [0.2, 0.25) is 5.95 Å². The van der Waals surface area contributed by atoms with Crippen LogP contribution in [-0.4, -0.2) is 36.1 Å². The Labute approximate surface area is 137 Å². The molecule has 0 unspecified atom stereocenters. The molecule has 23 heavy (non-hydrogen) atoms. The van der Waals surface area contributed by atoms with Crippen molar-refractivity contribution in [3.05, 3.63) is 47.8 Å². The van der Waals surface area contributed by atoms with E-state index < -0.39 is 0 Å². The normalized spacial score (nSPS) is 15.3. The first-order chi connectivity index (χ1) is 11.2. The van der Waals surface area contributed by atoms with Crippen LogP contribution in [0.3, 0.4) is 0 Å². The van der Waals surface area contributed by atoms with Gasteiger partial charge in [-0.1, -0.05) is 0 Å². The van der Waals surface area contributed by atoms with Gasteiger partial charge in [-0.3, -0.25) is 0 Å². The number of hydrogen-bond donors (Lipinski definition) is 0. The van der Waals surface area contributed by atoms with Crippen LogP contribution in [0.2, 0.25) is 0 Å². The summed E-state index contributed by atoms with van der Waals surface area (Å²) in [4.78, 5) is 13.4. The predicted molar refractivity (Wildman–Crippen MR) is 91.6 cm³/mol. The first kappa shape index (κ1) is 15.3. The van der Waals surface area contributed by atoms with Crippen molar-refractivity contribution in [1.29, 1.82) is 5.26 Å². The third-order valence-corrected chi connectivity index (χ3v) is 4.46. The molecule has 0 spiro atoms. The standard InChI is InChI=1S/C18H21N5/c1-14-12-20-18(21-13-14)22(2)16-7-9-23(10-8-16)17-5-3-15(11-19)4-6-17/h3-6,12-13,16H,7-10H2,1-2H3. The smallest absolute Gasteiger partial charge is 0.225 e. The number of aryl methyl sites for hydroxylation is 1. The van der Waals surface area contributed by atoms with Gasteiger partial charge in [0.15, 0.2) is 0 Å². The summed E-state index contributed by atoms with van der Waals surface area (Å²) in [5.41, 5.74) is 2.98. The number of benzene rings is 1. The molecule has 1 saturated heterocycles. The lowest BCUT2D eigenvalue weighted by atomic mass is 10.0. The van der Waals surface area contributed by atoms with E-state index in [1.807, 2.05) is 43.6 Å². The summed E-state index contributed by atoms with van der Waals surface area (Å²) in [6.45, 7) is 4.01. The molecular formula is C18H21N5. The summed E-state index contributed by atoms with van der Waals surface area (Å²) in [6.07, 6.45) is 5.89. The lowest BCUT2D eigenvalue weighted by Gasteiger charge is -2.37. The Kier molecular flexibility index (Phi) is 4.42. The van der Waals surface area contributed by atoms with Gasteiger partial charge in [0.05, 0.1) is 11.6 Å². The summed E-state index contributed by atoms with van der Waals surface area (Å²) in [5, 5.41) is 8.88. The molecule has 1 fully saturated rings. The van der Waals surface area contributed by atoms with Crippen LogP contribution in [0.25, 0.3) is 0 Å². The molecule has 118 valence electrons.